The van der Waals surface area contributed by atoms with Gasteiger partial charge in [0.1, 0.15) is 5.75 Å². The van der Waals surface area contributed by atoms with Crippen LogP contribution >= 0.6 is 0 Å². The number of amides is 2. The van der Waals surface area contributed by atoms with E-state index < -0.39 is 11.9 Å². The first-order valence-corrected chi connectivity index (χ1v) is 6.51. The molecule has 0 saturated heterocycles. The Morgan fingerprint density at radius 2 is 2.10 bits per heavy atom. The van der Waals surface area contributed by atoms with Crippen molar-refractivity contribution in [2.45, 2.75) is 26.3 Å². The van der Waals surface area contributed by atoms with Gasteiger partial charge in [0.15, 0.2) is 6.61 Å². The number of hydrogen-bond acceptors (Lipinski definition) is 4. The summed E-state index contributed by atoms with van der Waals surface area (Å²) in [5.74, 6) is -0.243. The molecule has 6 heteroatoms. The molecular weight excluding hydrogens is 258 g/mol. The van der Waals surface area contributed by atoms with Crippen LogP contribution in [0, 0.1) is 5.92 Å². The molecule has 0 saturated carbocycles. The standard InChI is InChI=1S/C14H21N3O3/c1-3-9(2)13(16)14(19)17-10-5-4-6-11(7-10)20-8-12(15)18/h4-7,9,13H,3,8,16H2,1-2H3,(H2,15,18)(H,17,19)/t9?,13-/m0/s1. The summed E-state index contributed by atoms with van der Waals surface area (Å²) in [5.41, 5.74) is 11.4. The van der Waals surface area contributed by atoms with Crippen LogP contribution in [0.4, 0.5) is 5.69 Å². The van der Waals surface area contributed by atoms with Crippen molar-refractivity contribution >= 4 is 17.5 Å². The Hall–Kier alpha value is -2.08. The monoisotopic (exact) mass is 279 g/mol. The summed E-state index contributed by atoms with van der Waals surface area (Å²) in [6, 6.07) is 6.16. The van der Waals surface area contributed by atoms with E-state index in [-0.39, 0.29) is 18.4 Å². The van der Waals surface area contributed by atoms with E-state index in [1.54, 1.807) is 24.3 Å². The van der Waals surface area contributed by atoms with E-state index in [0.29, 0.717) is 11.4 Å². The van der Waals surface area contributed by atoms with Gasteiger partial charge in [0.2, 0.25) is 5.91 Å². The van der Waals surface area contributed by atoms with Crippen molar-refractivity contribution in [2.24, 2.45) is 17.4 Å². The molecule has 2 amide bonds. The largest absolute Gasteiger partial charge is 0.484 e. The number of benzene rings is 1. The van der Waals surface area contributed by atoms with Gasteiger partial charge in [-0.05, 0) is 18.1 Å². The lowest BCUT2D eigenvalue weighted by Crippen LogP contribution is -2.40. The molecule has 0 heterocycles. The van der Waals surface area contributed by atoms with Crippen LogP contribution in [-0.2, 0) is 9.59 Å². The number of ether oxygens (including phenoxy) is 1. The molecule has 0 bridgehead atoms. The topological polar surface area (TPSA) is 107 Å². The van der Waals surface area contributed by atoms with E-state index in [2.05, 4.69) is 5.32 Å². The number of hydrogen-bond donors (Lipinski definition) is 3. The second-order valence-corrected chi connectivity index (χ2v) is 4.68. The zero-order chi connectivity index (χ0) is 15.1. The molecule has 5 N–H and O–H groups in total. The molecule has 0 radical (unpaired) electrons. The van der Waals surface area contributed by atoms with E-state index in [1.165, 1.54) is 0 Å². The van der Waals surface area contributed by atoms with Gasteiger partial charge in [-0.15, -0.1) is 0 Å². The lowest BCUT2D eigenvalue weighted by atomic mass is 9.99. The number of rotatable bonds is 7. The molecule has 0 spiro atoms. The van der Waals surface area contributed by atoms with E-state index in [0.717, 1.165) is 6.42 Å². The Balaban J connectivity index is 2.66. The van der Waals surface area contributed by atoms with Crippen LogP contribution in [0.25, 0.3) is 0 Å². The van der Waals surface area contributed by atoms with Crippen LogP contribution in [0.3, 0.4) is 0 Å². The fraction of sp³-hybridized carbons (Fsp3) is 0.429. The van der Waals surface area contributed by atoms with Crippen molar-refractivity contribution in [3.05, 3.63) is 24.3 Å². The third-order valence-electron chi connectivity index (χ3n) is 3.04. The van der Waals surface area contributed by atoms with Crippen LogP contribution < -0.4 is 21.5 Å². The van der Waals surface area contributed by atoms with Crippen LogP contribution in [0.1, 0.15) is 20.3 Å². The minimum Gasteiger partial charge on any atom is -0.484 e. The Bertz CT molecular complexity index is 476. The quantitative estimate of drug-likeness (QED) is 0.688. The normalized spacial score (nSPS) is 13.3. The number of primary amides is 1. The van der Waals surface area contributed by atoms with E-state index in [9.17, 15) is 9.59 Å². The molecule has 0 aliphatic rings. The molecule has 6 nitrogen and oxygen atoms in total. The van der Waals surface area contributed by atoms with Crippen molar-refractivity contribution < 1.29 is 14.3 Å². The minimum atomic E-state index is -0.560. The average molecular weight is 279 g/mol. The summed E-state index contributed by atoms with van der Waals surface area (Å²) in [6.45, 7) is 3.70. The SMILES string of the molecule is CCC(C)[C@H](N)C(=O)Nc1cccc(OCC(N)=O)c1. The maximum Gasteiger partial charge on any atom is 0.255 e. The Morgan fingerprint density at radius 3 is 2.70 bits per heavy atom. The van der Waals surface area contributed by atoms with Crippen LogP contribution in [0.5, 0.6) is 5.75 Å². The van der Waals surface area contributed by atoms with Crippen molar-refractivity contribution in [2.75, 3.05) is 11.9 Å². The summed E-state index contributed by atoms with van der Waals surface area (Å²) in [4.78, 5) is 22.6. The molecule has 1 aromatic carbocycles. The van der Waals surface area contributed by atoms with Gasteiger partial charge in [-0.2, -0.15) is 0 Å². The zero-order valence-corrected chi connectivity index (χ0v) is 11.8. The molecule has 0 aliphatic carbocycles. The fourth-order valence-electron chi connectivity index (χ4n) is 1.56. The van der Waals surface area contributed by atoms with Gasteiger partial charge < -0.3 is 21.5 Å². The molecule has 20 heavy (non-hydrogen) atoms. The molecular formula is C14H21N3O3. The number of nitrogens with one attached hydrogen (secondary N) is 1. The van der Waals surface area contributed by atoms with Crippen LogP contribution in [-0.4, -0.2) is 24.5 Å². The van der Waals surface area contributed by atoms with Crippen molar-refractivity contribution in [1.82, 2.24) is 0 Å². The summed E-state index contributed by atoms with van der Waals surface area (Å²) in [7, 11) is 0. The fourth-order valence-corrected chi connectivity index (χ4v) is 1.56. The van der Waals surface area contributed by atoms with E-state index in [4.69, 9.17) is 16.2 Å². The maximum atomic E-state index is 11.9. The van der Waals surface area contributed by atoms with Gasteiger partial charge in [-0.3, -0.25) is 9.59 Å². The first kappa shape index (κ1) is 16.0. The van der Waals surface area contributed by atoms with Crippen molar-refractivity contribution in [3.8, 4) is 5.75 Å². The van der Waals surface area contributed by atoms with Crippen LogP contribution in [0.15, 0.2) is 24.3 Å². The first-order valence-electron chi connectivity index (χ1n) is 6.51. The predicted molar refractivity (Wildman–Crippen MR) is 77.2 cm³/mol. The average Bonchev–Trinajstić information content (AvgIpc) is 2.43. The number of carbonyl (C=O) groups is 2. The summed E-state index contributed by atoms with van der Waals surface area (Å²) in [5, 5.41) is 2.72. The number of carbonyl (C=O) groups excluding carboxylic acids is 2. The molecule has 0 aromatic heterocycles. The maximum absolute atomic E-state index is 11.9. The lowest BCUT2D eigenvalue weighted by Gasteiger charge is -2.18. The highest BCUT2D eigenvalue weighted by molar-refractivity contribution is 5.95. The Morgan fingerprint density at radius 1 is 1.40 bits per heavy atom. The molecule has 1 rings (SSSR count). The minimum absolute atomic E-state index is 0.101. The predicted octanol–water partition coefficient (Wildman–Crippen LogP) is 0.863. The second-order valence-electron chi connectivity index (χ2n) is 4.68. The van der Waals surface area contributed by atoms with Gasteiger partial charge in [-0.25, -0.2) is 0 Å². The smallest absolute Gasteiger partial charge is 0.255 e. The highest BCUT2D eigenvalue weighted by Crippen LogP contribution is 2.18. The van der Waals surface area contributed by atoms with Gasteiger partial charge in [-0.1, -0.05) is 26.3 Å². The van der Waals surface area contributed by atoms with Gasteiger partial charge in [0, 0.05) is 11.8 Å². The molecule has 2 atom stereocenters. The summed E-state index contributed by atoms with van der Waals surface area (Å²) < 4.78 is 5.16. The van der Waals surface area contributed by atoms with E-state index >= 15 is 0 Å². The van der Waals surface area contributed by atoms with E-state index in [1.807, 2.05) is 13.8 Å². The highest BCUT2D eigenvalue weighted by atomic mass is 16.5. The first-order chi connectivity index (χ1) is 9.43. The number of anilines is 1. The van der Waals surface area contributed by atoms with Gasteiger partial charge >= 0.3 is 0 Å². The zero-order valence-electron chi connectivity index (χ0n) is 11.8. The highest BCUT2D eigenvalue weighted by Gasteiger charge is 2.19. The third kappa shape index (κ3) is 4.89. The van der Waals surface area contributed by atoms with Gasteiger partial charge in [0.05, 0.1) is 6.04 Å². The van der Waals surface area contributed by atoms with Gasteiger partial charge in [0.25, 0.3) is 5.91 Å². The Kier molecular flexibility index (Phi) is 5.99. The summed E-state index contributed by atoms with van der Waals surface area (Å²) >= 11 is 0. The molecule has 0 aliphatic heterocycles. The molecule has 1 aromatic rings. The van der Waals surface area contributed by atoms with Crippen molar-refractivity contribution in [3.63, 3.8) is 0 Å². The summed E-state index contributed by atoms with van der Waals surface area (Å²) in [6.07, 6.45) is 0.830. The molecule has 0 fully saturated rings. The third-order valence-corrected chi connectivity index (χ3v) is 3.04. The van der Waals surface area contributed by atoms with Crippen molar-refractivity contribution in [1.29, 1.82) is 0 Å². The number of nitrogens with two attached hydrogens (primary N) is 2. The lowest BCUT2D eigenvalue weighted by molar-refractivity contribution is -0.120. The second kappa shape index (κ2) is 7.49. The van der Waals surface area contributed by atoms with Crippen LogP contribution in [0.2, 0.25) is 0 Å². The Labute approximate surface area is 118 Å². The molecule has 1 unspecified atom stereocenters. The molecule has 110 valence electrons.